The monoisotopic (exact) mass is 347 g/mol. The number of benzene rings is 2. The second-order valence-electron chi connectivity index (χ2n) is 6.20. The third kappa shape index (κ3) is 3.73. The number of nitrogens with one attached hydrogen (secondary N) is 1. The second-order valence-corrected chi connectivity index (χ2v) is 6.63. The number of hydrogen-bond donors (Lipinski definition) is 3. The summed E-state index contributed by atoms with van der Waals surface area (Å²) in [5.41, 5.74) is 1.90. The topological polar surface area (TPSA) is 61.7 Å². The smallest absolute Gasteiger partial charge is 0.119 e. The van der Waals surface area contributed by atoms with E-state index >= 15 is 0 Å². The molecular weight excluding hydrogens is 326 g/mol. The van der Waals surface area contributed by atoms with Crippen LogP contribution in [0.15, 0.2) is 48.5 Å². The van der Waals surface area contributed by atoms with Crippen molar-refractivity contribution in [3.63, 3.8) is 0 Å². The number of halogens is 1. The Morgan fingerprint density at radius 2 is 1.92 bits per heavy atom. The van der Waals surface area contributed by atoms with Gasteiger partial charge in [0, 0.05) is 11.6 Å². The lowest BCUT2D eigenvalue weighted by molar-refractivity contribution is 0.0833. The SMILES string of the molecule is OCC1(NCC(O)COc2ccc(Cl)cc2)CCc2ccccc21. The molecule has 0 saturated carbocycles. The van der Waals surface area contributed by atoms with Crippen molar-refractivity contribution < 1.29 is 14.9 Å². The van der Waals surface area contributed by atoms with Gasteiger partial charge in [0.15, 0.2) is 0 Å². The summed E-state index contributed by atoms with van der Waals surface area (Å²) in [6.45, 7) is 0.537. The minimum Gasteiger partial charge on any atom is -0.491 e. The first kappa shape index (κ1) is 17.2. The van der Waals surface area contributed by atoms with Crippen molar-refractivity contribution in [3.8, 4) is 5.75 Å². The second kappa shape index (κ2) is 7.53. The fraction of sp³-hybridized carbons (Fsp3) is 0.368. The van der Waals surface area contributed by atoms with E-state index in [4.69, 9.17) is 16.3 Å². The maximum Gasteiger partial charge on any atom is 0.119 e. The van der Waals surface area contributed by atoms with Gasteiger partial charge in [0.1, 0.15) is 18.5 Å². The van der Waals surface area contributed by atoms with E-state index in [1.165, 1.54) is 5.56 Å². The molecule has 0 spiro atoms. The van der Waals surface area contributed by atoms with E-state index in [0.29, 0.717) is 17.3 Å². The molecule has 1 aliphatic carbocycles. The molecule has 0 aromatic heterocycles. The van der Waals surface area contributed by atoms with Crippen molar-refractivity contribution in [2.45, 2.75) is 24.5 Å². The number of rotatable bonds is 7. The highest BCUT2D eigenvalue weighted by Gasteiger charge is 2.37. The average Bonchev–Trinajstić information content (AvgIpc) is 2.99. The molecule has 0 bridgehead atoms. The number of ether oxygens (including phenoxy) is 1. The molecule has 4 nitrogen and oxygen atoms in total. The molecule has 3 N–H and O–H groups in total. The Labute approximate surface area is 147 Å². The summed E-state index contributed by atoms with van der Waals surface area (Å²) >= 11 is 5.83. The number of aliphatic hydroxyl groups excluding tert-OH is 2. The first-order chi connectivity index (χ1) is 11.6. The van der Waals surface area contributed by atoms with Crippen molar-refractivity contribution in [3.05, 3.63) is 64.7 Å². The Bertz CT molecular complexity index is 677. The summed E-state index contributed by atoms with van der Waals surface area (Å²) in [7, 11) is 0. The van der Waals surface area contributed by atoms with Crippen LogP contribution in [-0.2, 0) is 12.0 Å². The van der Waals surface area contributed by atoms with Crippen LogP contribution in [0, 0.1) is 0 Å². The molecule has 2 aromatic carbocycles. The van der Waals surface area contributed by atoms with Gasteiger partial charge < -0.3 is 20.3 Å². The molecule has 24 heavy (non-hydrogen) atoms. The predicted octanol–water partition coefficient (Wildman–Crippen LogP) is 2.50. The Hall–Kier alpha value is -1.59. The standard InChI is InChI=1S/C19H22ClNO3/c20-15-5-7-17(8-6-15)24-12-16(23)11-21-19(13-22)10-9-14-3-1-2-4-18(14)19/h1-8,16,21-23H,9-13H2. The highest BCUT2D eigenvalue weighted by Crippen LogP contribution is 2.36. The molecular formula is C19H22ClNO3. The van der Waals surface area contributed by atoms with Crippen LogP contribution in [-0.4, -0.2) is 36.1 Å². The third-order valence-corrected chi connectivity index (χ3v) is 4.81. The van der Waals surface area contributed by atoms with Gasteiger partial charge >= 0.3 is 0 Å². The van der Waals surface area contributed by atoms with Gasteiger partial charge in [-0.2, -0.15) is 0 Å². The van der Waals surface area contributed by atoms with E-state index in [0.717, 1.165) is 18.4 Å². The summed E-state index contributed by atoms with van der Waals surface area (Å²) < 4.78 is 5.56. The molecule has 0 fully saturated rings. The lowest BCUT2D eigenvalue weighted by Crippen LogP contribution is -2.48. The highest BCUT2D eigenvalue weighted by atomic mass is 35.5. The van der Waals surface area contributed by atoms with Gasteiger partial charge in [-0.1, -0.05) is 35.9 Å². The molecule has 2 aromatic rings. The molecule has 0 aliphatic heterocycles. The predicted molar refractivity (Wildman–Crippen MR) is 94.5 cm³/mol. The molecule has 128 valence electrons. The third-order valence-electron chi connectivity index (χ3n) is 4.56. The quantitative estimate of drug-likeness (QED) is 0.720. The zero-order valence-corrected chi connectivity index (χ0v) is 14.2. The van der Waals surface area contributed by atoms with Gasteiger partial charge in [0.05, 0.1) is 12.1 Å². The summed E-state index contributed by atoms with van der Waals surface area (Å²) in [5, 5.41) is 24.1. The van der Waals surface area contributed by atoms with Crippen LogP contribution in [0.3, 0.4) is 0 Å². The van der Waals surface area contributed by atoms with Crippen LogP contribution in [0.4, 0.5) is 0 Å². The van der Waals surface area contributed by atoms with Crippen LogP contribution in [0.2, 0.25) is 5.02 Å². The minimum atomic E-state index is -0.670. The van der Waals surface area contributed by atoms with Crippen molar-refractivity contribution in [1.29, 1.82) is 0 Å². The van der Waals surface area contributed by atoms with Crippen molar-refractivity contribution in [1.82, 2.24) is 5.32 Å². The minimum absolute atomic E-state index is 0.00871. The van der Waals surface area contributed by atoms with Gasteiger partial charge in [-0.05, 0) is 48.2 Å². The summed E-state index contributed by atoms with van der Waals surface area (Å²) in [4.78, 5) is 0. The van der Waals surface area contributed by atoms with Crippen molar-refractivity contribution in [2.75, 3.05) is 19.8 Å². The summed E-state index contributed by atoms with van der Waals surface area (Å²) in [6, 6.07) is 15.2. The fourth-order valence-corrected chi connectivity index (χ4v) is 3.31. The van der Waals surface area contributed by atoms with E-state index in [1.807, 2.05) is 18.2 Å². The van der Waals surface area contributed by atoms with Crippen LogP contribution in [0.5, 0.6) is 5.75 Å². The van der Waals surface area contributed by atoms with E-state index in [9.17, 15) is 10.2 Å². The van der Waals surface area contributed by atoms with Gasteiger partial charge in [-0.3, -0.25) is 0 Å². The molecule has 0 saturated heterocycles. The van der Waals surface area contributed by atoms with Gasteiger partial charge in [-0.25, -0.2) is 0 Å². The van der Waals surface area contributed by atoms with E-state index < -0.39 is 11.6 Å². The van der Waals surface area contributed by atoms with E-state index in [1.54, 1.807) is 24.3 Å². The molecule has 2 atom stereocenters. The lowest BCUT2D eigenvalue weighted by Gasteiger charge is -2.31. The van der Waals surface area contributed by atoms with Crippen molar-refractivity contribution in [2.24, 2.45) is 0 Å². The van der Waals surface area contributed by atoms with Crippen LogP contribution >= 0.6 is 11.6 Å². The normalized spacial score (nSPS) is 20.6. The number of fused-ring (bicyclic) bond motifs is 1. The van der Waals surface area contributed by atoms with Crippen LogP contribution < -0.4 is 10.1 Å². The van der Waals surface area contributed by atoms with E-state index in [-0.39, 0.29) is 13.2 Å². The first-order valence-corrected chi connectivity index (χ1v) is 8.51. The molecule has 3 rings (SSSR count). The number of aliphatic hydroxyl groups is 2. The molecule has 0 amide bonds. The zero-order valence-electron chi connectivity index (χ0n) is 13.4. The molecule has 2 unspecified atom stereocenters. The zero-order chi connectivity index (χ0) is 17.0. The Balaban J connectivity index is 1.55. The largest absolute Gasteiger partial charge is 0.491 e. The number of aryl methyl sites for hydroxylation is 1. The summed E-state index contributed by atoms with van der Waals surface area (Å²) in [6.07, 6.45) is 1.09. The Kier molecular flexibility index (Phi) is 5.41. The maximum absolute atomic E-state index is 10.2. The van der Waals surface area contributed by atoms with E-state index in [2.05, 4.69) is 11.4 Å². The average molecular weight is 348 g/mol. The van der Waals surface area contributed by atoms with Gasteiger partial charge in [0.2, 0.25) is 0 Å². The molecule has 0 radical (unpaired) electrons. The molecule has 5 heteroatoms. The summed E-state index contributed by atoms with van der Waals surface area (Å²) in [5.74, 6) is 0.668. The first-order valence-electron chi connectivity index (χ1n) is 8.14. The Morgan fingerprint density at radius 1 is 1.17 bits per heavy atom. The van der Waals surface area contributed by atoms with Crippen LogP contribution in [0.25, 0.3) is 0 Å². The molecule has 0 heterocycles. The Morgan fingerprint density at radius 3 is 2.67 bits per heavy atom. The lowest BCUT2D eigenvalue weighted by atomic mass is 9.92. The van der Waals surface area contributed by atoms with Gasteiger partial charge in [-0.15, -0.1) is 0 Å². The van der Waals surface area contributed by atoms with Gasteiger partial charge in [0.25, 0.3) is 0 Å². The maximum atomic E-state index is 10.2. The highest BCUT2D eigenvalue weighted by molar-refractivity contribution is 6.30. The fourth-order valence-electron chi connectivity index (χ4n) is 3.19. The van der Waals surface area contributed by atoms with Crippen LogP contribution in [0.1, 0.15) is 17.5 Å². The number of hydrogen-bond acceptors (Lipinski definition) is 4. The molecule has 1 aliphatic rings. The van der Waals surface area contributed by atoms with Crippen molar-refractivity contribution >= 4 is 11.6 Å².